The Morgan fingerprint density at radius 3 is 2.61 bits per heavy atom. The first kappa shape index (κ1) is 14.4. The summed E-state index contributed by atoms with van der Waals surface area (Å²) in [5.74, 6) is -1.77. The van der Waals surface area contributed by atoms with Crippen LogP contribution in [-0.4, -0.2) is 32.7 Å². The van der Waals surface area contributed by atoms with E-state index in [9.17, 15) is 13.6 Å². The van der Waals surface area contributed by atoms with Crippen molar-refractivity contribution in [2.75, 3.05) is 32.1 Å². The van der Waals surface area contributed by atoms with E-state index in [1.54, 1.807) is 7.11 Å². The van der Waals surface area contributed by atoms with Crippen LogP contribution in [0.2, 0.25) is 0 Å². The van der Waals surface area contributed by atoms with Gasteiger partial charge in [-0.15, -0.1) is 0 Å². The van der Waals surface area contributed by atoms with Crippen LogP contribution in [0.4, 0.5) is 14.5 Å². The summed E-state index contributed by atoms with van der Waals surface area (Å²) in [6, 6.07) is 3.52. The lowest BCUT2D eigenvalue weighted by atomic mass is 10.3. The van der Waals surface area contributed by atoms with E-state index in [1.807, 2.05) is 0 Å². The second-order valence-corrected chi connectivity index (χ2v) is 3.65. The van der Waals surface area contributed by atoms with Gasteiger partial charge in [0.2, 0.25) is 5.91 Å². The fraction of sp³-hybridized carbons (Fsp3) is 0.417. The number of hydrogen-bond acceptors (Lipinski definition) is 3. The number of hydrogen-bond donors (Lipinski definition) is 2. The minimum Gasteiger partial charge on any atom is -0.385 e. The standard InChI is InChI=1S/C12H16F2N2O2/c1-18-7-3-6-15-11(17)8-16-12-9(13)4-2-5-10(12)14/h2,4-5,16H,3,6-8H2,1H3,(H,15,17). The van der Waals surface area contributed by atoms with E-state index >= 15 is 0 Å². The molecule has 0 radical (unpaired) electrons. The van der Waals surface area contributed by atoms with Crippen LogP contribution in [0.15, 0.2) is 18.2 Å². The first-order valence-corrected chi connectivity index (χ1v) is 5.58. The van der Waals surface area contributed by atoms with Gasteiger partial charge in [-0.25, -0.2) is 8.78 Å². The Kier molecular flexibility index (Phi) is 6.07. The van der Waals surface area contributed by atoms with Crippen LogP contribution in [-0.2, 0) is 9.53 Å². The SMILES string of the molecule is COCCCNC(=O)CNc1c(F)cccc1F. The number of methoxy groups -OCH3 is 1. The Bertz CT molecular complexity index is 379. The number of ether oxygens (including phenoxy) is 1. The normalized spacial score (nSPS) is 10.2. The van der Waals surface area contributed by atoms with Crippen LogP contribution in [0.25, 0.3) is 0 Å². The largest absolute Gasteiger partial charge is 0.385 e. The predicted molar refractivity (Wildman–Crippen MR) is 64.4 cm³/mol. The first-order valence-electron chi connectivity index (χ1n) is 5.58. The number of carbonyl (C=O) groups excluding carboxylic acids is 1. The number of para-hydroxylation sites is 1. The molecule has 6 heteroatoms. The number of anilines is 1. The number of amides is 1. The molecule has 0 aliphatic heterocycles. The summed E-state index contributed by atoms with van der Waals surface area (Å²) in [4.78, 5) is 11.3. The average Bonchev–Trinajstić information content (AvgIpc) is 2.34. The van der Waals surface area contributed by atoms with Crippen LogP contribution in [0.3, 0.4) is 0 Å². The number of nitrogens with one attached hydrogen (secondary N) is 2. The summed E-state index contributed by atoms with van der Waals surface area (Å²) in [5.41, 5.74) is -0.287. The lowest BCUT2D eigenvalue weighted by Gasteiger charge is -2.09. The van der Waals surface area contributed by atoms with Crippen molar-refractivity contribution in [2.24, 2.45) is 0 Å². The molecule has 0 aliphatic carbocycles. The highest BCUT2D eigenvalue weighted by atomic mass is 19.1. The van der Waals surface area contributed by atoms with E-state index in [0.717, 1.165) is 12.1 Å². The van der Waals surface area contributed by atoms with Gasteiger partial charge in [0.05, 0.1) is 6.54 Å². The molecule has 0 fully saturated rings. The third kappa shape index (κ3) is 4.67. The molecule has 0 spiro atoms. The van der Waals surface area contributed by atoms with Gasteiger partial charge in [-0.3, -0.25) is 4.79 Å². The zero-order chi connectivity index (χ0) is 13.4. The Balaban J connectivity index is 2.34. The van der Waals surface area contributed by atoms with Crippen molar-refractivity contribution in [3.05, 3.63) is 29.8 Å². The molecule has 0 bridgehead atoms. The molecular weight excluding hydrogens is 242 g/mol. The van der Waals surface area contributed by atoms with Crippen LogP contribution < -0.4 is 10.6 Å². The lowest BCUT2D eigenvalue weighted by molar-refractivity contribution is -0.119. The molecule has 1 amide bonds. The topological polar surface area (TPSA) is 50.4 Å². The molecule has 1 aromatic rings. The smallest absolute Gasteiger partial charge is 0.239 e. The molecule has 4 nitrogen and oxygen atoms in total. The molecular formula is C12H16F2N2O2. The van der Waals surface area contributed by atoms with Crippen molar-refractivity contribution < 1.29 is 18.3 Å². The highest BCUT2D eigenvalue weighted by molar-refractivity contribution is 5.80. The van der Waals surface area contributed by atoms with Crippen LogP contribution in [0.1, 0.15) is 6.42 Å². The molecule has 1 aromatic carbocycles. The highest BCUT2D eigenvalue weighted by Gasteiger charge is 2.09. The summed E-state index contributed by atoms with van der Waals surface area (Å²) < 4.78 is 31.2. The minimum absolute atomic E-state index is 0.176. The van der Waals surface area contributed by atoms with Crippen LogP contribution in [0, 0.1) is 11.6 Å². The van der Waals surface area contributed by atoms with Gasteiger partial charge in [0, 0.05) is 20.3 Å². The van der Waals surface area contributed by atoms with Gasteiger partial charge < -0.3 is 15.4 Å². The van der Waals surface area contributed by atoms with Gasteiger partial charge in [0.15, 0.2) is 0 Å². The molecule has 0 unspecified atom stereocenters. The highest BCUT2D eigenvalue weighted by Crippen LogP contribution is 2.17. The molecule has 1 rings (SSSR count). The molecule has 0 heterocycles. The van der Waals surface area contributed by atoms with Crippen LogP contribution >= 0.6 is 0 Å². The Hall–Kier alpha value is -1.69. The summed E-state index contributed by atoms with van der Waals surface area (Å²) in [5, 5.41) is 5.03. The number of halogens is 2. The lowest BCUT2D eigenvalue weighted by Crippen LogP contribution is -2.31. The third-order valence-electron chi connectivity index (χ3n) is 2.24. The monoisotopic (exact) mass is 258 g/mol. The van der Waals surface area contributed by atoms with Crippen LogP contribution in [0.5, 0.6) is 0 Å². The number of benzene rings is 1. The Labute approximate surface area is 104 Å². The van der Waals surface area contributed by atoms with E-state index in [2.05, 4.69) is 10.6 Å². The van der Waals surface area contributed by atoms with Gasteiger partial charge in [-0.05, 0) is 18.6 Å². The molecule has 0 atom stereocenters. The molecule has 2 N–H and O–H groups in total. The van der Waals surface area contributed by atoms with Gasteiger partial charge in [-0.2, -0.15) is 0 Å². The quantitative estimate of drug-likeness (QED) is 0.729. The van der Waals surface area contributed by atoms with Crippen molar-refractivity contribution in [1.29, 1.82) is 0 Å². The van der Waals surface area contributed by atoms with E-state index in [4.69, 9.17) is 4.74 Å². The van der Waals surface area contributed by atoms with Crippen molar-refractivity contribution in [3.8, 4) is 0 Å². The number of rotatable bonds is 7. The van der Waals surface area contributed by atoms with Crippen molar-refractivity contribution in [3.63, 3.8) is 0 Å². The molecule has 0 aromatic heterocycles. The van der Waals surface area contributed by atoms with Crippen molar-refractivity contribution in [1.82, 2.24) is 5.32 Å². The minimum atomic E-state index is -0.720. The zero-order valence-electron chi connectivity index (χ0n) is 10.1. The fourth-order valence-electron chi connectivity index (χ4n) is 1.34. The van der Waals surface area contributed by atoms with E-state index in [1.165, 1.54) is 6.07 Å². The Morgan fingerprint density at radius 2 is 2.00 bits per heavy atom. The molecule has 0 saturated carbocycles. The third-order valence-corrected chi connectivity index (χ3v) is 2.24. The first-order chi connectivity index (χ1) is 8.65. The average molecular weight is 258 g/mol. The number of carbonyl (C=O) groups is 1. The zero-order valence-corrected chi connectivity index (χ0v) is 10.1. The second-order valence-electron chi connectivity index (χ2n) is 3.65. The van der Waals surface area contributed by atoms with E-state index < -0.39 is 11.6 Å². The maximum atomic E-state index is 13.2. The molecule has 100 valence electrons. The van der Waals surface area contributed by atoms with Gasteiger partial charge in [0.25, 0.3) is 0 Å². The van der Waals surface area contributed by atoms with Crippen molar-refractivity contribution >= 4 is 11.6 Å². The maximum Gasteiger partial charge on any atom is 0.239 e. The van der Waals surface area contributed by atoms with E-state index in [-0.39, 0.29) is 18.1 Å². The van der Waals surface area contributed by atoms with Gasteiger partial charge in [0.1, 0.15) is 17.3 Å². The van der Waals surface area contributed by atoms with Crippen molar-refractivity contribution in [2.45, 2.75) is 6.42 Å². The predicted octanol–water partition coefficient (Wildman–Crippen LogP) is 1.53. The Morgan fingerprint density at radius 1 is 1.33 bits per heavy atom. The van der Waals surface area contributed by atoms with Gasteiger partial charge in [-0.1, -0.05) is 6.07 Å². The molecule has 0 saturated heterocycles. The molecule has 18 heavy (non-hydrogen) atoms. The van der Waals surface area contributed by atoms with E-state index in [0.29, 0.717) is 19.6 Å². The molecule has 0 aliphatic rings. The summed E-state index contributed by atoms with van der Waals surface area (Å²) in [6.45, 7) is 0.842. The summed E-state index contributed by atoms with van der Waals surface area (Å²) >= 11 is 0. The summed E-state index contributed by atoms with van der Waals surface area (Å²) in [7, 11) is 1.57. The summed E-state index contributed by atoms with van der Waals surface area (Å²) in [6.07, 6.45) is 0.691. The fourth-order valence-corrected chi connectivity index (χ4v) is 1.34. The maximum absolute atomic E-state index is 13.2. The second kappa shape index (κ2) is 7.60. The van der Waals surface area contributed by atoms with Gasteiger partial charge >= 0.3 is 0 Å².